The molecule has 1 aromatic carbocycles. The van der Waals surface area contributed by atoms with Gasteiger partial charge in [0.25, 0.3) is 0 Å². The summed E-state index contributed by atoms with van der Waals surface area (Å²) in [4.78, 5) is 21.8. The van der Waals surface area contributed by atoms with Crippen LogP contribution in [0.4, 0.5) is 11.6 Å². The Bertz CT molecular complexity index is 1410. The van der Waals surface area contributed by atoms with Gasteiger partial charge in [0.05, 0.1) is 28.5 Å². The van der Waals surface area contributed by atoms with Crippen LogP contribution in [0.2, 0.25) is 0 Å². The molecule has 10 heteroatoms. The first-order valence-electron chi connectivity index (χ1n) is 10.0. The summed E-state index contributed by atoms with van der Waals surface area (Å²) in [5, 5.41) is 4.25. The molecule has 160 valence electrons. The van der Waals surface area contributed by atoms with Gasteiger partial charge < -0.3 is 16.0 Å². The lowest BCUT2D eigenvalue weighted by Gasteiger charge is -2.25. The summed E-state index contributed by atoms with van der Waals surface area (Å²) in [7, 11) is 0. The minimum atomic E-state index is -0.264. The zero-order valence-corrected chi connectivity index (χ0v) is 17.9. The van der Waals surface area contributed by atoms with Crippen LogP contribution in [0.5, 0.6) is 0 Å². The Labute approximate surface area is 184 Å². The fourth-order valence-corrected chi connectivity index (χ4v) is 3.75. The van der Waals surface area contributed by atoms with Gasteiger partial charge in [-0.3, -0.25) is 0 Å². The molecule has 4 heterocycles. The van der Waals surface area contributed by atoms with Gasteiger partial charge in [-0.05, 0) is 44.5 Å². The highest BCUT2D eigenvalue weighted by Crippen LogP contribution is 2.35. The Morgan fingerprint density at radius 2 is 1.69 bits per heavy atom. The summed E-state index contributed by atoms with van der Waals surface area (Å²) < 4.78 is 3.79. The van der Waals surface area contributed by atoms with Gasteiger partial charge >= 0.3 is 0 Å². The molecule has 0 saturated heterocycles. The first-order valence-corrected chi connectivity index (χ1v) is 10.0. The average molecular weight is 426 g/mol. The predicted molar refractivity (Wildman–Crippen MR) is 123 cm³/mol. The van der Waals surface area contributed by atoms with Crippen LogP contribution in [-0.2, 0) is 5.54 Å². The van der Waals surface area contributed by atoms with E-state index in [4.69, 9.17) is 16.5 Å². The highest BCUT2D eigenvalue weighted by atomic mass is 15.3. The van der Waals surface area contributed by atoms with Crippen molar-refractivity contribution in [3.05, 3.63) is 55.5 Å². The van der Waals surface area contributed by atoms with E-state index < -0.39 is 0 Å². The lowest BCUT2D eigenvalue weighted by molar-refractivity contribution is 0.413. The van der Waals surface area contributed by atoms with Crippen LogP contribution in [0, 0.1) is 0 Å². The highest BCUT2D eigenvalue weighted by molar-refractivity contribution is 5.87. The second kappa shape index (κ2) is 7.12. The monoisotopic (exact) mass is 426 g/mol. The molecule has 0 amide bonds. The van der Waals surface area contributed by atoms with E-state index in [2.05, 4.69) is 56.4 Å². The van der Waals surface area contributed by atoms with E-state index in [1.165, 1.54) is 6.33 Å². The maximum Gasteiger partial charge on any atom is 0.219 e. The molecule has 0 aliphatic rings. The van der Waals surface area contributed by atoms with Crippen LogP contribution >= 0.6 is 0 Å². The fraction of sp³-hybridized carbons (Fsp3) is 0.182. The van der Waals surface area contributed by atoms with E-state index in [1.54, 1.807) is 29.6 Å². The molecule has 4 aromatic heterocycles. The number of hydrogen-bond acceptors (Lipinski definition) is 8. The van der Waals surface area contributed by atoms with Crippen LogP contribution in [0.15, 0.2) is 55.5 Å². The van der Waals surface area contributed by atoms with Crippen molar-refractivity contribution in [2.24, 2.45) is 0 Å². The standard InChI is InChI=1S/C22H22N10/c1-22(2,3)32-18-5-4-13(14-8-27-21(24)28-9-14)6-17(18)30-20(32)16-7-15(23)10-26-19(16)31-12-25-11-29-31/h4-12H,23H2,1-3H3,(H2,24,27,28). The molecule has 0 radical (unpaired) electrons. The van der Waals surface area contributed by atoms with Gasteiger partial charge in [-0.15, -0.1) is 0 Å². The Morgan fingerprint density at radius 3 is 2.38 bits per heavy atom. The van der Waals surface area contributed by atoms with Gasteiger partial charge in [-0.1, -0.05) is 6.07 Å². The molecule has 32 heavy (non-hydrogen) atoms. The van der Waals surface area contributed by atoms with E-state index in [9.17, 15) is 0 Å². The zero-order chi connectivity index (χ0) is 22.5. The normalized spacial score (nSPS) is 11.8. The summed E-state index contributed by atoms with van der Waals surface area (Å²) in [6.45, 7) is 6.40. The molecule has 4 N–H and O–H groups in total. The quantitative estimate of drug-likeness (QED) is 0.449. The third kappa shape index (κ3) is 3.31. The molecule has 0 spiro atoms. The maximum absolute atomic E-state index is 6.11. The summed E-state index contributed by atoms with van der Waals surface area (Å²) in [5.41, 5.74) is 16.4. The lowest BCUT2D eigenvalue weighted by atomic mass is 10.1. The number of imidazole rings is 1. The molecule has 0 unspecified atom stereocenters. The van der Waals surface area contributed by atoms with Crippen molar-refractivity contribution >= 4 is 22.7 Å². The number of nitrogen functional groups attached to an aromatic ring is 2. The Hall–Kier alpha value is -4.34. The van der Waals surface area contributed by atoms with Crippen molar-refractivity contribution in [1.82, 2.24) is 39.3 Å². The summed E-state index contributed by atoms with van der Waals surface area (Å²) in [6.07, 6.45) is 8.08. The Balaban J connectivity index is 1.77. The van der Waals surface area contributed by atoms with Gasteiger partial charge in [-0.2, -0.15) is 5.10 Å². The van der Waals surface area contributed by atoms with E-state index in [1.807, 2.05) is 18.2 Å². The topological polar surface area (TPSA) is 139 Å². The second-order valence-electron chi connectivity index (χ2n) is 8.45. The van der Waals surface area contributed by atoms with Crippen LogP contribution in [-0.4, -0.2) is 39.3 Å². The molecule has 0 aliphatic carbocycles. The molecule has 5 aromatic rings. The van der Waals surface area contributed by atoms with E-state index in [-0.39, 0.29) is 11.5 Å². The maximum atomic E-state index is 6.11. The molecule has 0 fully saturated rings. The predicted octanol–water partition coefficient (Wildman–Crippen LogP) is 3.06. The van der Waals surface area contributed by atoms with Crippen molar-refractivity contribution in [2.45, 2.75) is 26.3 Å². The zero-order valence-electron chi connectivity index (χ0n) is 17.9. The molecule has 10 nitrogen and oxygen atoms in total. The molecule has 0 aliphatic heterocycles. The number of rotatable bonds is 3. The first-order chi connectivity index (χ1) is 15.3. The second-order valence-corrected chi connectivity index (χ2v) is 8.45. The van der Waals surface area contributed by atoms with E-state index in [0.29, 0.717) is 11.5 Å². The van der Waals surface area contributed by atoms with Gasteiger partial charge in [-0.25, -0.2) is 29.6 Å². The Morgan fingerprint density at radius 1 is 0.906 bits per heavy atom. The van der Waals surface area contributed by atoms with Crippen molar-refractivity contribution in [1.29, 1.82) is 0 Å². The Kier molecular flexibility index (Phi) is 4.36. The number of nitrogens with zero attached hydrogens (tertiary/aromatic N) is 8. The van der Waals surface area contributed by atoms with Gasteiger partial charge in [0.2, 0.25) is 5.95 Å². The smallest absolute Gasteiger partial charge is 0.219 e. The SMILES string of the molecule is CC(C)(C)n1c(-c2cc(N)cnc2-n2cncn2)nc2cc(-c3cnc(N)nc3)ccc21. The molecule has 0 atom stereocenters. The highest BCUT2D eigenvalue weighted by Gasteiger charge is 2.25. The number of pyridine rings is 1. The van der Waals surface area contributed by atoms with Crippen LogP contribution in [0.3, 0.4) is 0 Å². The molecule has 5 rings (SSSR count). The molecule has 0 saturated carbocycles. The molecule has 0 bridgehead atoms. The fourth-order valence-electron chi connectivity index (χ4n) is 3.75. The van der Waals surface area contributed by atoms with E-state index >= 15 is 0 Å². The first kappa shape index (κ1) is 19.6. The van der Waals surface area contributed by atoms with E-state index in [0.717, 1.165) is 33.5 Å². The summed E-state index contributed by atoms with van der Waals surface area (Å²) in [5.74, 6) is 1.58. The largest absolute Gasteiger partial charge is 0.397 e. The molecular weight excluding hydrogens is 404 g/mol. The number of aromatic nitrogens is 8. The lowest BCUT2D eigenvalue weighted by Crippen LogP contribution is -2.23. The number of fused-ring (bicyclic) bond motifs is 1. The van der Waals surface area contributed by atoms with Gasteiger partial charge in [0, 0.05) is 23.5 Å². The number of nitrogens with two attached hydrogens (primary N) is 2. The van der Waals surface area contributed by atoms with Crippen molar-refractivity contribution in [2.75, 3.05) is 11.5 Å². The minimum Gasteiger partial charge on any atom is -0.397 e. The van der Waals surface area contributed by atoms with Crippen molar-refractivity contribution in [3.8, 4) is 28.3 Å². The van der Waals surface area contributed by atoms with Crippen molar-refractivity contribution < 1.29 is 0 Å². The minimum absolute atomic E-state index is 0.240. The van der Waals surface area contributed by atoms with Gasteiger partial charge in [0.1, 0.15) is 18.5 Å². The van der Waals surface area contributed by atoms with Crippen LogP contribution in [0.1, 0.15) is 20.8 Å². The van der Waals surface area contributed by atoms with Crippen LogP contribution < -0.4 is 11.5 Å². The van der Waals surface area contributed by atoms with Gasteiger partial charge in [0.15, 0.2) is 5.82 Å². The summed E-state index contributed by atoms with van der Waals surface area (Å²) >= 11 is 0. The third-order valence-corrected chi connectivity index (χ3v) is 5.09. The summed E-state index contributed by atoms with van der Waals surface area (Å²) in [6, 6.07) is 7.96. The number of hydrogen-bond donors (Lipinski definition) is 2. The van der Waals surface area contributed by atoms with Crippen LogP contribution in [0.25, 0.3) is 39.4 Å². The third-order valence-electron chi connectivity index (χ3n) is 5.09. The number of anilines is 2. The van der Waals surface area contributed by atoms with Crippen molar-refractivity contribution in [3.63, 3.8) is 0 Å². The average Bonchev–Trinajstić information content (AvgIpc) is 3.41. The molecular formula is C22H22N10. The number of benzene rings is 1.